The number of nitrogens with zero attached hydrogens (tertiary/aromatic N) is 2. The average molecular weight is 400 g/mol. The van der Waals surface area contributed by atoms with Gasteiger partial charge in [-0.05, 0) is 44.9 Å². The molecule has 3 fully saturated rings. The smallest absolute Gasteiger partial charge is 0.259 e. The molecule has 6 nitrogen and oxygen atoms in total. The number of amides is 2. The Morgan fingerprint density at radius 1 is 0.793 bits per heavy atom. The Balaban J connectivity index is 1.65. The Morgan fingerprint density at radius 3 is 2.07 bits per heavy atom. The Labute approximate surface area is 172 Å². The van der Waals surface area contributed by atoms with Crippen LogP contribution in [-0.4, -0.2) is 40.4 Å². The maximum absolute atomic E-state index is 13.2. The Bertz CT molecular complexity index is 798. The van der Waals surface area contributed by atoms with Crippen molar-refractivity contribution in [3.63, 3.8) is 0 Å². The topological polar surface area (TPSA) is 71.4 Å². The van der Waals surface area contributed by atoms with Crippen molar-refractivity contribution in [2.45, 2.75) is 89.1 Å². The molecular formula is C23H33N3O3. The Kier molecular flexibility index (Phi) is 6.36. The fourth-order valence-corrected chi connectivity index (χ4v) is 5.10. The number of hydrogen-bond donors (Lipinski definition) is 1. The minimum Gasteiger partial charge on any atom is -0.349 e. The summed E-state index contributed by atoms with van der Waals surface area (Å²) in [4.78, 5) is 41.1. The van der Waals surface area contributed by atoms with E-state index < -0.39 is 5.43 Å². The average Bonchev–Trinajstić information content (AvgIpc) is 3.30. The highest BCUT2D eigenvalue weighted by Gasteiger charge is 2.27. The van der Waals surface area contributed by atoms with E-state index in [1.54, 1.807) is 17.3 Å². The first-order valence-corrected chi connectivity index (χ1v) is 11.5. The zero-order valence-corrected chi connectivity index (χ0v) is 17.3. The standard InChI is InChI=1S/C23H33N3O3/c27-21-19(22(28)24-17-9-3-1-4-10-17)15-26(18-11-5-6-12-18)16-20(21)23(29)25-13-7-2-8-14-25/h15-18H,1-14H2,(H,24,28). The summed E-state index contributed by atoms with van der Waals surface area (Å²) in [6.45, 7) is 1.39. The van der Waals surface area contributed by atoms with Gasteiger partial charge in [-0.2, -0.15) is 0 Å². The number of nitrogens with one attached hydrogen (secondary N) is 1. The Hall–Kier alpha value is -2.11. The zero-order valence-electron chi connectivity index (χ0n) is 17.3. The van der Waals surface area contributed by atoms with E-state index in [2.05, 4.69) is 5.32 Å². The highest BCUT2D eigenvalue weighted by atomic mass is 16.2. The van der Waals surface area contributed by atoms with Gasteiger partial charge in [-0.1, -0.05) is 32.1 Å². The molecule has 2 heterocycles. The molecule has 1 N–H and O–H groups in total. The lowest BCUT2D eigenvalue weighted by Gasteiger charge is -2.27. The van der Waals surface area contributed by atoms with E-state index in [1.807, 2.05) is 4.57 Å². The number of rotatable bonds is 4. The van der Waals surface area contributed by atoms with E-state index in [4.69, 9.17) is 0 Å². The van der Waals surface area contributed by atoms with Crippen molar-refractivity contribution in [1.82, 2.24) is 14.8 Å². The minimum atomic E-state index is -0.414. The number of likely N-dealkylation sites (tertiary alicyclic amines) is 1. The molecule has 2 saturated carbocycles. The summed E-state index contributed by atoms with van der Waals surface area (Å²) in [7, 11) is 0. The summed E-state index contributed by atoms with van der Waals surface area (Å²) in [6.07, 6.45) is 16.2. The van der Waals surface area contributed by atoms with E-state index in [0.29, 0.717) is 13.1 Å². The van der Waals surface area contributed by atoms with Gasteiger partial charge in [-0.15, -0.1) is 0 Å². The molecule has 6 heteroatoms. The van der Waals surface area contributed by atoms with Gasteiger partial charge in [0.25, 0.3) is 11.8 Å². The third-order valence-electron chi connectivity index (χ3n) is 6.85. The van der Waals surface area contributed by atoms with Gasteiger partial charge in [0.05, 0.1) is 0 Å². The van der Waals surface area contributed by atoms with Crippen LogP contribution in [0.3, 0.4) is 0 Å². The maximum Gasteiger partial charge on any atom is 0.259 e. The van der Waals surface area contributed by atoms with Crippen LogP contribution in [0.2, 0.25) is 0 Å². The zero-order chi connectivity index (χ0) is 20.2. The van der Waals surface area contributed by atoms with Crippen molar-refractivity contribution in [2.75, 3.05) is 13.1 Å². The first kappa shape index (κ1) is 20.2. The summed E-state index contributed by atoms with van der Waals surface area (Å²) in [5, 5.41) is 3.06. The highest BCUT2D eigenvalue weighted by molar-refractivity contribution is 5.99. The molecule has 0 unspecified atom stereocenters. The van der Waals surface area contributed by atoms with E-state index in [-0.39, 0.29) is 35.0 Å². The van der Waals surface area contributed by atoms with Crippen LogP contribution >= 0.6 is 0 Å². The van der Waals surface area contributed by atoms with Crippen LogP contribution in [0.15, 0.2) is 17.2 Å². The minimum absolute atomic E-state index is 0.130. The van der Waals surface area contributed by atoms with Gasteiger partial charge in [0.1, 0.15) is 11.1 Å². The lowest BCUT2D eigenvalue weighted by atomic mass is 9.95. The summed E-state index contributed by atoms with van der Waals surface area (Å²) in [5.74, 6) is -0.532. The number of aromatic nitrogens is 1. The molecule has 2 aliphatic carbocycles. The quantitative estimate of drug-likeness (QED) is 0.840. The van der Waals surface area contributed by atoms with Gasteiger partial charge in [-0.3, -0.25) is 14.4 Å². The second kappa shape index (κ2) is 9.14. The molecule has 1 aromatic rings. The molecular weight excluding hydrogens is 366 g/mol. The third kappa shape index (κ3) is 4.57. The summed E-state index contributed by atoms with van der Waals surface area (Å²) in [6, 6.07) is 0.404. The fourth-order valence-electron chi connectivity index (χ4n) is 5.10. The second-order valence-corrected chi connectivity index (χ2v) is 8.96. The largest absolute Gasteiger partial charge is 0.349 e. The van der Waals surface area contributed by atoms with Crippen molar-refractivity contribution in [3.05, 3.63) is 33.7 Å². The molecule has 4 rings (SSSR count). The van der Waals surface area contributed by atoms with E-state index >= 15 is 0 Å². The second-order valence-electron chi connectivity index (χ2n) is 8.96. The molecule has 0 atom stereocenters. The molecule has 158 valence electrons. The summed E-state index contributed by atoms with van der Waals surface area (Å²) in [5.41, 5.74) is -0.122. The van der Waals surface area contributed by atoms with Crippen LogP contribution in [0.25, 0.3) is 0 Å². The van der Waals surface area contributed by atoms with Crippen LogP contribution in [-0.2, 0) is 0 Å². The van der Waals surface area contributed by atoms with Gasteiger partial charge in [0.15, 0.2) is 0 Å². The van der Waals surface area contributed by atoms with Crippen molar-refractivity contribution in [3.8, 4) is 0 Å². The lowest BCUT2D eigenvalue weighted by molar-refractivity contribution is 0.0722. The predicted octanol–water partition coefficient (Wildman–Crippen LogP) is 3.65. The van der Waals surface area contributed by atoms with Crippen LogP contribution in [0.4, 0.5) is 0 Å². The number of hydrogen-bond acceptors (Lipinski definition) is 3. The molecule has 2 amide bonds. The van der Waals surface area contributed by atoms with Gasteiger partial charge in [0.2, 0.25) is 5.43 Å². The van der Waals surface area contributed by atoms with Crippen LogP contribution in [0.5, 0.6) is 0 Å². The van der Waals surface area contributed by atoms with Crippen LogP contribution < -0.4 is 10.7 Å². The number of piperidine rings is 1. The molecule has 0 bridgehead atoms. The van der Waals surface area contributed by atoms with Gasteiger partial charge < -0.3 is 14.8 Å². The highest BCUT2D eigenvalue weighted by Crippen LogP contribution is 2.29. The van der Waals surface area contributed by atoms with E-state index in [1.165, 1.54) is 6.42 Å². The van der Waals surface area contributed by atoms with Gasteiger partial charge >= 0.3 is 0 Å². The predicted molar refractivity (Wildman–Crippen MR) is 112 cm³/mol. The number of pyridine rings is 1. The lowest BCUT2D eigenvalue weighted by Crippen LogP contribution is -2.42. The van der Waals surface area contributed by atoms with Gasteiger partial charge in [-0.25, -0.2) is 0 Å². The first-order valence-electron chi connectivity index (χ1n) is 11.5. The molecule has 0 spiro atoms. The van der Waals surface area contributed by atoms with E-state index in [0.717, 1.165) is 70.6 Å². The van der Waals surface area contributed by atoms with Crippen molar-refractivity contribution in [1.29, 1.82) is 0 Å². The third-order valence-corrected chi connectivity index (χ3v) is 6.85. The van der Waals surface area contributed by atoms with Crippen molar-refractivity contribution >= 4 is 11.8 Å². The number of carbonyl (C=O) groups is 2. The summed E-state index contributed by atoms with van der Waals surface area (Å²) >= 11 is 0. The number of carbonyl (C=O) groups excluding carboxylic acids is 2. The molecule has 29 heavy (non-hydrogen) atoms. The molecule has 1 saturated heterocycles. The van der Waals surface area contributed by atoms with Crippen LogP contribution in [0.1, 0.15) is 104 Å². The normalized spacial score (nSPS) is 21.3. The maximum atomic E-state index is 13.2. The molecule has 1 aliphatic heterocycles. The van der Waals surface area contributed by atoms with E-state index in [9.17, 15) is 14.4 Å². The monoisotopic (exact) mass is 399 g/mol. The molecule has 3 aliphatic rings. The fraction of sp³-hybridized carbons (Fsp3) is 0.696. The molecule has 1 aromatic heterocycles. The molecule has 0 aromatic carbocycles. The SMILES string of the molecule is O=C(NC1CCCCC1)c1cn(C2CCCC2)cc(C(=O)N2CCCCC2)c1=O. The van der Waals surface area contributed by atoms with Crippen LogP contribution in [0, 0.1) is 0 Å². The Morgan fingerprint density at radius 2 is 1.38 bits per heavy atom. The van der Waals surface area contributed by atoms with Crippen molar-refractivity contribution in [2.24, 2.45) is 0 Å². The molecule has 0 radical (unpaired) electrons. The van der Waals surface area contributed by atoms with Gasteiger partial charge in [0, 0.05) is 37.6 Å². The van der Waals surface area contributed by atoms with Crippen molar-refractivity contribution < 1.29 is 9.59 Å². The first-order chi connectivity index (χ1) is 14.1. The summed E-state index contributed by atoms with van der Waals surface area (Å²) < 4.78 is 1.97.